The fourth-order valence-electron chi connectivity index (χ4n) is 4.19. The van der Waals surface area contributed by atoms with Gasteiger partial charge in [-0.05, 0) is 55.7 Å². The Morgan fingerprint density at radius 3 is 2.56 bits per heavy atom. The second-order valence-corrected chi connectivity index (χ2v) is 9.30. The van der Waals surface area contributed by atoms with Crippen LogP contribution >= 0.6 is 11.8 Å². The molecule has 0 saturated heterocycles. The van der Waals surface area contributed by atoms with Crippen LogP contribution in [0.3, 0.4) is 0 Å². The molecule has 1 amide bonds. The standard InChI is InChI=1S/C27H27N5OS/c1-20-13-15-22(16-14-20)28-18-25-29-30-27(32(25)23-10-3-2-4-11-23)34-19-26(33)31-17-7-9-21-8-5-6-12-24(21)31/h2-6,8,10-16,28H,7,9,17-19H2,1H3. The molecule has 2 heterocycles. The summed E-state index contributed by atoms with van der Waals surface area (Å²) in [5.41, 5.74) is 5.50. The minimum atomic E-state index is 0.0964. The largest absolute Gasteiger partial charge is 0.378 e. The molecule has 0 bridgehead atoms. The fraction of sp³-hybridized carbons (Fsp3) is 0.222. The van der Waals surface area contributed by atoms with Crippen LogP contribution in [-0.4, -0.2) is 33.0 Å². The number of fused-ring (bicyclic) bond motifs is 1. The maximum absolute atomic E-state index is 13.2. The van der Waals surface area contributed by atoms with E-state index in [2.05, 4.69) is 52.8 Å². The Labute approximate surface area is 204 Å². The number of amides is 1. The van der Waals surface area contributed by atoms with Gasteiger partial charge in [0.15, 0.2) is 11.0 Å². The first kappa shape index (κ1) is 22.2. The van der Waals surface area contributed by atoms with E-state index in [1.54, 1.807) is 0 Å². The summed E-state index contributed by atoms with van der Waals surface area (Å²) in [6, 6.07) is 26.5. The third kappa shape index (κ3) is 4.84. The maximum Gasteiger partial charge on any atom is 0.237 e. The Bertz CT molecular complexity index is 1270. The lowest BCUT2D eigenvalue weighted by atomic mass is 10.0. The molecule has 7 heteroatoms. The quantitative estimate of drug-likeness (QED) is 0.374. The van der Waals surface area contributed by atoms with Gasteiger partial charge in [0, 0.05) is 23.6 Å². The number of rotatable bonds is 7. The zero-order valence-electron chi connectivity index (χ0n) is 19.1. The van der Waals surface area contributed by atoms with Crippen LogP contribution in [-0.2, 0) is 17.8 Å². The summed E-state index contributed by atoms with van der Waals surface area (Å²) in [7, 11) is 0. The van der Waals surface area contributed by atoms with Crippen molar-refractivity contribution in [3.8, 4) is 5.69 Å². The number of nitrogens with one attached hydrogen (secondary N) is 1. The lowest BCUT2D eigenvalue weighted by Gasteiger charge is -2.29. The highest BCUT2D eigenvalue weighted by molar-refractivity contribution is 7.99. The molecule has 172 valence electrons. The fourth-order valence-corrected chi connectivity index (χ4v) is 5.04. The van der Waals surface area contributed by atoms with Crippen LogP contribution in [0, 0.1) is 6.92 Å². The summed E-state index contributed by atoms with van der Waals surface area (Å²) >= 11 is 1.43. The van der Waals surface area contributed by atoms with Crippen molar-refractivity contribution in [2.24, 2.45) is 0 Å². The Morgan fingerprint density at radius 1 is 0.971 bits per heavy atom. The average molecular weight is 470 g/mol. The number of aromatic nitrogens is 3. The van der Waals surface area contributed by atoms with Crippen molar-refractivity contribution in [2.45, 2.75) is 31.5 Å². The van der Waals surface area contributed by atoms with Crippen molar-refractivity contribution < 1.29 is 4.79 Å². The average Bonchev–Trinajstić information content (AvgIpc) is 3.30. The van der Waals surface area contributed by atoms with Gasteiger partial charge < -0.3 is 10.2 Å². The van der Waals surface area contributed by atoms with E-state index in [4.69, 9.17) is 0 Å². The van der Waals surface area contributed by atoms with Gasteiger partial charge in [0.1, 0.15) is 0 Å². The molecule has 0 atom stereocenters. The lowest BCUT2D eigenvalue weighted by molar-refractivity contribution is -0.116. The zero-order chi connectivity index (χ0) is 23.3. The van der Waals surface area contributed by atoms with E-state index in [9.17, 15) is 4.79 Å². The monoisotopic (exact) mass is 469 g/mol. The second kappa shape index (κ2) is 10.1. The number of nitrogens with zero attached hydrogens (tertiary/aromatic N) is 4. The Balaban J connectivity index is 1.34. The van der Waals surface area contributed by atoms with E-state index >= 15 is 0 Å². The number of carbonyl (C=O) groups is 1. The molecular weight excluding hydrogens is 442 g/mol. The van der Waals surface area contributed by atoms with Crippen LogP contribution in [0.15, 0.2) is 84.0 Å². The third-order valence-corrected chi connectivity index (χ3v) is 6.87. The van der Waals surface area contributed by atoms with Gasteiger partial charge in [-0.15, -0.1) is 10.2 Å². The Morgan fingerprint density at radius 2 is 1.74 bits per heavy atom. The first-order chi connectivity index (χ1) is 16.7. The topological polar surface area (TPSA) is 63.1 Å². The molecule has 0 spiro atoms. The van der Waals surface area contributed by atoms with E-state index < -0.39 is 0 Å². The van der Waals surface area contributed by atoms with Crippen molar-refractivity contribution in [2.75, 3.05) is 22.5 Å². The molecule has 4 aromatic rings. The van der Waals surface area contributed by atoms with Crippen LogP contribution in [0.2, 0.25) is 0 Å². The maximum atomic E-state index is 13.2. The lowest BCUT2D eigenvalue weighted by Crippen LogP contribution is -2.36. The van der Waals surface area contributed by atoms with Gasteiger partial charge in [0.05, 0.1) is 12.3 Å². The number of carbonyl (C=O) groups excluding carboxylic acids is 1. The van der Waals surface area contributed by atoms with Crippen LogP contribution in [0.1, 0.15) is 23.4 Å². The van der Waals surface area contributed by atoms with E-state index in [0.717, 1.165) is 42.3 Å². The predicted octanol–water partition coefficient (Wildman–Crippen LogP) is 5.26. The van der Waals surface area contributed by atoms with Gasteiger partial charge in [-0.2, -0.15) is 0 Å². The minimum absolute atomic E-state index is 0.0964. The smallest absolute Gasteiger partial charge is 0.237 e. The second-order valence-electron chi connectivity index (χ2n) is 8.36. The van der Waals surface area contributed by atoms with Crippen LogP contribution in [0.4, 0.5) is 11.4 Å². The molecule has 6 nitrogen and oxygen atoms in total. The first-order valence-electron chi connectivity index (χ1n) is 11.5. The van der Waals surface area contributed by atoms with E-state index in [0.29, 0.717) is 17.5 Å². The number of thioether (sulfide) groups is 1. The molecular formula is C27H27N5OS. The number of anilines is 2. The Hall–Kier alpha value is -3.58. The summed E-state index contributed by atoms with van der Waals surface area (Å²) in [5.74, 6) is 1.20. The van der Waals surface area contributed by atoms with Gasteiger partial charge in [0.25, 0.3) is 0 Å². The molecule has 34 heavy (non-hydrogen) atoms. The van der Waals surface area contributed by atoms with Crippen molar-refractivity contribution in [3.05, 3.63) is 95.8 Å². The number of para-hydroxylation sites is 2. The molecule has 1 aliphatic rings. The molecule has 3 aromatic carbocycles. The van der Waals surface area contributed by atoms with Gasteiger partial charge in [-0.3, -0.25) is 9.36 Å². The van der Waals surface area contributed by atoms with Gasteiger partial charge in [-0.1, -0.05) is 65.9 Å². The number of hydrogen-bond donors (Lipinski definition) is 1. The molecule has 0 saturated carbocycles. The summed E-state index contributed by atoms with van der Waals surface area (Å²) in [6.45, 7) is 3.36. The highest BCUT2D eigenvalue weighted by Gasteiger charge is 2.23. The summed E-state index contributed by atoms with van der Waals surface area (Å²) < 4.78 is 2.03. The SMILES string of the molecule is Cc1ccc(NCc2nnc(SCC(=O)N3CCCc4ccccc43)n2-c2ccccc2)cc1. The Kier molecular flexibility index (Phi) is 6.62. The molecule has 0 aliphatic carbocycles. The molecule has 0 unspecified atom stereocenters. The van der Waals surface area contributed by atoms with Gasteiger partial charge in [0.2, 0.25) is 5.91 Å². The van der Waals surface area contributed by atoms with E-state index in [1.807, 2.05) is 58.0 Å². The third-order valence-electron chi connectivity index (χ3n) is 5.95. The normalized spacial score (nSPS) is 12.9. The van der Waals surface area contributed by atoms with Crippen LogP contribution in [0.5, 0.6) is 0 Å². The number of hydrogen-bond acceptors (Lipinski definition) is 5. The van der Waals surface area contributed by atoms with Crippen LogP contribution in [0.25, 0.3) is 5.69 Å². The highest BCUT2D eigenvalue weighted by Crippen LogP contribution is 2.29. The minimum Gasteiger partial charge on any atom is -0.378 e. The number of aryl methyl sites for hydroxylation is 2. The summed E-state index contributed by atoms with van der Waals surface area (Å²) in [4.78, 5) is 15.1. The van der Waals surface area contributed by atoms with Crippen molar-refractivity contribution in [3.63, 3.8) is 0 Å². The summed E-state index contributed by atoms with van der Waals surface area (Å²) in [6.07, 6.45) is 2.01. The highest BCUT2D eigenvalue weighted by atomic mass is 32.2. The van der Waals surface area contributed by atoms with E-state index in [-0.39, 0.29) is 5.91 Å². The van der Waals surface area contributed by atoms with Crippen molar-refractivity contribution in [1.82, 2.24) is 14.8 Å². The molecule has 1 aromatic heterocycles. The van der Waals surface area contributed by atoms with E-state index in [1.165, 1.54) is 22.9 Å². The van der Waals surface area contributed by atoms with Crippen LogP contribution < -0.4 is 10.2 Å². The predicted molar refractivity (Wildman–Crippen MR) is 138 cm³/mol. The zero-order valence-corrected chi connectivity index (χ0v) is 20.0. The molecule has 1 aliphatic heterocycles. The molecule has 5 rings (SSSR count). The van der Waals surface area contributed by atoms with Crippen molar-refractivity contribution >= 4 is 29.0 Å². The summed E-state index contributed by atoms with van der Waals surface area (Å²) in [5, 5.41) is 13.0. The van der Waals surface area contributed by atoms with Crippen molar-refractivity contribution in [1.29, 1.82) is 0 Å². The molecule has 0 radical (unpaired) electrons. The van der Waals surface area contributed by atoms with Gasteiger partial charge >= 0.3 is 0 Å². The van der Waals surface area contributed by atoms with Gasteiger partial charge in [-0.25, -0.2) is 0 Å². The first-order valence-corrected chi connectivity index (χ1v) is 12.5. The molecule has 1 N–H and O–H groups in total. The number of benzene rings is 3. The molecule has 0 fully saturated rings.